The zero-order chi connectivity index (χ0) is 29.7. The first-order valence-corrected chi connectivity index (χ1v) is 13.2. The molecule has 0 atom stereocenters. The van der Waals surface area contributed by atoms with Crippen molar-refractivity contribution in [3.8, 4) is 11.3 Å². The maximum absolute atomic E-state index is 13.9. The number of nitrogens with one attached hydrogen (secondary N) is 1. The highest BCUT2D eigenvalue weighted by Crippen LogP contribution is 2.37. The first kappa shape index (κ1) is 30.3. The first-order chi connectivity index (χ1) is 19.5. The number of nitrogens with zero attached hydrogens (tertiary/aromatic N) is 5. The number of aliphatic carboxylic acids is 1. The summed E-state index contributed by atoms with van der Waals surface area (Å²) in [5.41, 5.74) is -1.36. The van der Waals surface area contributed by atoms with Crippen molar-refractivity contribution in [2.24, 2.45) is 5.92 Å². The van der Waals surface area contributed by atoms with E-state index in [0.717, 1.165) is 11.3 Å². The van der Waals surface area contributed by atoms with Crippen molar-refractivity contribution >= 4 is 42.1 Å². The summed E-state index contributed by atoms with van der Waals surface area (Å²) in [7, 11) is 7.51. The molecule has 41 heavy (non-hydrogen) atoms. The average Bonchev–Trinajstić information content (AvgIpc) is 3.33. The Morgan fingerprint density at radius 3 is 2.59 bits per heavy atom. The number of alkyl halides is 3. The van der Waals surface area contributed by atoms with E-state index in [1.54, 1.807) is 0 Å². The minimum absolute atomic E-state index is 0.00132. The number of thiazole rings is 1. The number of methoxy groups -OCH3 is 1. The number of rotatable bonds is 10. The van der Waals surface area contributed by atoms with Gasteiger partial charge in [0.25, 0.3) is 5.91 Å². The molecule has 4 rings (SSSR count). The standard InChI is InChI=1S/C25H25BF4N6O4S/c1-40-9-8-36(26)13-19-21(15-2-3-17(27)16(10-15)25(28,29)30)33-24(41-19)34-22(37)18-11-32-20(12-31-18)35-6-4-14(5-7-35)23(38)39/h2-3,10-12,14H,4-9,13H2,1H3,(H,38,39)(H,33,34,37). The van der Waals surface area contributed by atoms with Crippen LogP contribution in [0.2, 0.25) is 0 Å². The van der Waals surface area contributed by atoms with Crippen LogP contribution >= 0.6 is 11.3 Å². The van der Waals surface area contributed by atoms with Gasteiger partial charge in [0.05, 0.1) is 36.2 Å². The SMILES string of the molecule is [B]N(CCOC)Cc1sc(NC(=O)c2cnc(N3CCC(C(=O)O)CC3)cn2)nc1-c1ccc(F)c(C(F)(F)F)c1. The van der Waals surface area contributed by atoms with Crippen molar-refractivity contribution in [2.45, 2.75) is 25.6 Å². The molecular formula is C25H25BF4N6O4S. The molecule has 2 aromatic heterocycles. The molecule has 0 unspecified atom stereocenters. The van der Waals surface area contributed by atoms with Crippen LogP contribution in [0, 0.1) is 11.7 Å². The second-order valence-corrected chi connectivity index (χ2v) is 10.3. The van der Waals surface area contributed by atoms with Gasteiger partial charge in [-0.15, -0.1) is 0 Å². The Kier molecular flexibility index (Phi) is 9.55. The summed E-state index contributed by atoms with van der Waals surface area (Å²) in [6, 6.07) is 2.55. The molecule has 10 nitrogen and oxygen atoms in total. The van der Waals surface area contributed by atoms with Crippen molar-refractivity contribution in [2.75, 3.05) is 43.6 Å². The topological polar surface area (TPSA) is 121 Å². The number of carboxylic acids is 1. The van der Waals surface area contributed by atoms with Crippen LogP contribution < -0.4 is 10.2 Å². The van der Waals surface area contributed by atoms with E-state index in [0.29, 0.717) is 61.9 Å². The highest BCUT2D eigenvalue weighted by atomic mass is 32.1. The Morgan fingerprint density at radius 1 is 1.24 bits per heavy atom. The predicted octanol–water partition coefficient (Wildman–Crippen LogP) is 3.84. The molecule has 0 bridgehead atoms. The summed E-state index contributed by atoms with van der Waals surface area (Å²) in [4.78, 5) is 40.5. The zero-order valence-electron chi connectivity index (χ0n) is 21.8. The molecule has 3 aromatic rings. The van der Waals surface area contributed by atoms with Gasteiger partial charge in [-0.25, -0.2) is 19.3 Å². The number of hydrogen-bond donors (Lipinski definition) is 2. The van der Waals surface area contributed by atoms with Crippen LogP contribution in [0.4, 0.5) is 28.5 Å². The average molecular weight is 592 g/mol. The van der Waals surface area contributed by atoms with Gasteiger partial charge in [0.2, 0.25) is 0 Å². The van der Waals surface area contributed by atoms with Gasteiger partial charge in [-0.05, 0) is 31.0 Å². The number of halogens is 4. The molecule has 3 heterocycles. The van der Waals surface area contributed by atoms with Crippen molar-refractivity contribution in [1.82, 2.24) is 19.8 Å². The van der Waals surface area contributed by atoms with Crippen LogP contribution in [0.1, 0.15) is 33.8 Å². The normalized spacial score (nSPS) is 14.4. The van der Waals surface area contributed by atoms with Crippen molar-refractivity contribution in [1.29, 1.82) is 0 Å². The highest BCUT2D eigenvalue weighted by molar-refractivity contribution is 7.16. The lowest BCUT2D eigenvalue weighted by molar-refractivity contribution is -0.142. The van der Waals surface area contributed by atoms with E-state index < -0.39 is 35.4 Å². The second kappa shape index (κ2) is 12.9. The summed E-state index contributed by atoms with van der Waals surface area (Å²) in [6.07, 6.45) is -1.29. The molecule has 2 radical (unpaired) electrons. The number of amides is 1. The van der Waals surface area contributed by atoms with E-state index in [4.69, 9.17) is 17.8 Å². The maximum Gasteiger partial charge on any atom is 0.419 e. The fourth-order valence-electron chi connectivity index (χ4n) is 4.22. The summed E-state index contributed by atoms with van der Waals surface area (Å²) < 4.78 is 59.0. The van der Waals surface area contributed by atoms with Gasteiger partial charge < -0.3 is 19.6 Å². The quantitative estimate of drug-likeness (QED) is 0.267. The number of aromatic nitrogens is 3. The molecule has 1 aliphatic heterocycles. The molecule has 1 aliphatic rings. The maximum atomic E-state index is 13.9. The Bertz CT molecular complexity index is 1380. The van der Waals surface area contributed by atoms with Crippen LogP contribution in [0.3, 0.4) is 0 Å². The summed E-state index contributed by atoms with van der Waals surface area (Å²) in [5, 5.41) is 11.8. The Hall–Kier alpha value is -3.63. The van der Waals surface area contributed by atoms with Crippen LogP contribution in [-0.2, 0) is 22.3 Å². The fourth-order valence-corrected chi connectivity index (χ4v) is 5.22. The lowest BCUT2D eigenvalue weighted by Gasteiger charge is -2.30. The monoisotopic (exact) mass is 592 g/mol. The third-order valence-corrected chi connectivity index (χ3v) is 7.39. The van der Waals surface area contributed by atoms with Crippen LogP contribution in [-0.4, -0.2) is 78.1 Å². The van der Waals surface area contributed by atoms with E-state index in [1.165, 1.54) is 30.4 Å². The number of carboxylic acid groups (broad SMARTS) is 1. The number of hydrogen-bond acceptors (Lipinski definition) is 9. The predicted molar refractivity (Wildman–Crippen MR) is 143 cm³/mol. The molecule has 16 heteroatoms. The minimum Gasteiger partial charge on any atom is -0.481 e. The summed E-state index contributed by atoms with van der Waals surface area (Å²) in [5.74, 6) is -2.80. The molecule has 216 valence electrons. The highest BCUT2D eigenvalue weighted by Gasteiger charge is 2.35. The molecule has 0 saturated carbocycles. The molecule has 0 spiro atoms. The first-order valence-electron chi connectivity index (χ1n) is 12.4. The Balaban J connectivity index is 1.54. The molecule has 2 N–H and O–H groups in total. The van der Waals surface area contributed by atoms with E-state index in [1.807, 2.05) is 4.90 Å². The number of carbonyl (C=O) groups excluding carboxylic acids is 1. The molecule has 0 aliphatic carbocycles. The third-order valence-electron chi connectivity index (χ3n) is 6.43. The third kappa shape index (κ3) is 7.57. The van der Waals surface area contributed by atoms with Gasteiger partial charge in [-0.1, -0.05) is 11.3 Å². The number of ether oxygens (including phenoxy) is 1. The lowest BCUT2D eigenvalue weighted by Crippen LogP contribution is -2.36. The second-order valence-electron chi connectivity index (χ2n) is 9.26. The molecule has 1 amide bonds. The zero-order valence-corrected chi connectivity index (χ0v) is 22.6. The Labute approximate surface area is 237 Å². The van der Waals surface area contributed by atoms with Gasteiger partial charge >= 0.3 is 12.1 Å². The smallest absolute Gasteiger partial charge is 0.419 e. The van der Waals surface area contributed by atoms with Gasteiger partial charge in [0.1, 0.15) is 17.3 Å². The molecular weight excluding hydrogens is 567 g/mol. The number of piperidine rings is 1. The van der Waals surface area contributed by atoms with Crippen LogP contribution in [0.25, 0.3) is 11.3 Å². The van der Waals surface area contributed by atoms with E-state index in [9.17, 15) is 27.2 Å². The largest absolute Gasteiger partial charge is 0.481 e. The van der Waals surface area contributed by atoms with Crippen molar-refractivity contribution < 1.29 is 37.0 Å². The summed E-state index contributed by atoms with van der Waals surface area (Å²) >= 11 is 1.00. The van der Waals surface area contributed by atoms with Crippen LogP contribution in [0.5, 0.6) is 0 Å². The van der Waals surface area contributed by atoms with E-state index in [-0.39, 0.29) is 28.6 Å². The van der Waals surface area contributed by atoms with Gasteiger partial charge in [-0.2, -0.15) is 13.2 Å². The number of carbonyl (C=O) groups is 2. The van der Waals surface area contributed by atoms with E-state index >= 15 is 0 Å². The van der Waals surface area contributed by atoms with E-state index in [2.05, 4.69) is 20.3 Å². The van der Waals surface area contributed by atoms with Gasteiger partial charge in [0, 0.05) is 43.7 Å². The molecule has 1 fully saturated rings. The van der Waals surface area contributed by atoms with Crippen LogP contribution in [0.15, 0.2) is 30.6 Å². The van der Waals surface area contributed by atoms with Gasteiger partial charge in [0.15, 0.2) is 13.1 Å². The Morgan fingerprint density at radius 2 is 1.98 bits per heavy atom. The van der Waals surface area contributed by atoms with Crippen molar-refractivity contribution in [3.63, 3.8) is 0 Å². The lowest BCUT2D eigenvalue weighted by atomic mass is 9.97. The minimum atomic E-state index is -4.91. The number of anilines is 2. The number of benzene rings is 1. The molecule has 1 aromatic carbocycles. The molecule has 1 saturated heterocycles. The van der Waals surface area contributed by atoms with Crippen molar-refractivity contribution in [3.05, 3.63) is 52.5 Å². The fraction of sp³-hybridized carbons (Fsp3) is 0.400. The van der Waals surface area contributed by atoms with Gasteiger partial charge in [-0.3, -0.25) is 14.9 Å². The summed E-state index contributed by atoms with van der Waals surface area (Å²) in [6.45, 7) is 1.66.